The maximum Gasteiger partial charge on any atom is 0.255 e. The molecule has 0 radical (unpaired) electrons. The molecule has 2 aromatic heterocycles. The van der Waals surface area contributed by atoms with Crippen molar-refractivity contribution in [2.45, 2.75) is 25.7 Å². The molecular weight excluding hydrogens is 478 g/mol. The van der Waals surface area contributed by atoms with Crippen molar-refractivity contribution < 1.29 is 23.1 Å². The number of rotatable bonds is 5. The van der Waals surface area contributed by atoms with Crippen molar-refractivity contribution in [2.24, 2.45) is 0 Å². The number of hydrogen-bond acceptors (Lipinski definition) is 4. The SMILES string of the molecule is COc1ccccc1-c1c[nH]c2ncc(-c3ccc(NC(C)=O)c(C(=O)N4CCC(F)(F)CC4)c3)cc12. The first-order chi connectivity index (χ1) is 17.8. The molecule has 0 unspecified atom stereocenters. The van der Waals surface area contributed by atoms with E-state index < -0.39 is 11.8 Å². The van der Waals surface area contributed by atoms with Gasteiger partial charge in [-0.3, -0.25) is 9.59 Å². The maximum absolute atomic E-state index is 13.7. The zero-order chi connectivity index (χ0) is 26.2. The highest BCUT2D eigenvalue weighted by atomic mass is 19.3. The number of piperidine rings is 1. The third kappa shape index (κ3) is 4.89. The number of aromatic amines is 1. The van der Waals surface area contributed by atoms with Crippen LogP contribution in [0.4, 0.5) is 14.5 Å². The fourth-order valence-electron chi connectivity index (χ4n) is 4.66. The van der Waals surface area contributed by atoms with E-state index in [1.54, 1.807) is 31.5 Å². The molecule has 0 aliphatic carbocycles. The number of methoxy groups -OCH3 is 1. The van der Waals surface area contributed by atoms with E-state index in [0.29, 0.717) is 16.9 Å². The summed E-state index contributed by atoms with van der Waals surface area (Å²) >= 11 is 0. The van der Waals surface area contributed by atoms with E-state index in [1.807, 2.05) is 36.5 Å². The lowest BCUT2D eigenvalue weighted by molar-refractivity contribution is -0.114. The molecule has 7 nitrogen and oxygen atoms in total. The minimum Gasteiger partial charge on any atom is -0.496 e. The average Bonchev–Trinajstić information content (AvgIpc) is 3.31. The van der Waals surface area contributed by atoms with Crippen LogP contribution in [0.5, 0.6) is 5.75 Å². The minimum absolute atomic E-state index is 0.0469. The van der Waals surface area contributed by atoms with Gasteiger partial charge >= 0.3 is 0 Å². The topological polar surface area (TPSA) is 87.3 Å². The molecule has 1 aliphatic rings. The molecule has 0 spiro atoms. The van der Waals surface area contributed by atoms with Crippen LogP contribution in [0.1, 0.15) is 30.1 Å². The zero-order valence-corrected chi connectivity index (χ0v) is 20.5. The summed E-state index contributed by atoms with van der Waals surface area (Å²) in [5, 5.41) is 3.56. The third-order valence-corrected chi connectivity index (χ3v) is 6.60. The van der Waals surface area contributed by atoms with E-state index in [2.05, 4.69) is 15.3 Å². The van der Waals surface area contributed by atoms with Gasteiger partial charge in [-0.25, -0.2) is 13.8 Å². The molecule has 37 heavy (non-hydrogen) atoms. The molecule has 5 rings (SSSR count). The molecule has 1 saturated heterocycles. The van der Waals surface area contributed by atoms with Gasteiger partial charge in [0.05, 0.1) is 18.4 Å². The Morgan fingerprint density at radius 3 is 2.54 bits per heavy atom. The Morgan fingerprint density at radius 2 is 1.81 bits per heavy atom. The lowest BCUT2D eigenvalue weighted by atomic mass is 9.98. The molecule has 0 bridgehead atoms. The number of pyridine rings is 1. The zero-order valence-electron chi connectivity index (χ0n) is 20.5. The highest BCUT2D eigenvalue weighted by Crippen LogP contribution is 2.37. The number of para-hydroxylation sites is 1. The lowest BCUT2D eigenvalue weighted by Gasteiger charge is -2.32. The fraction of sp³-hybridized carbons (Fsp3) is 0.250. The number of aromatic nitrogens is 2. The summed E-state index contributed by atoms with van der Waals surface area (Å²) < 4.78 is 32.9. The van der Waals surface area contributed by atoms with Crippen LogP contribution in [0.3, 0.4) is 0 Å². The summed E-state index contributed by atoms with van der Waals surface area (Å²) in [6.07, 6.45) is 2.82. The minimum atomic E-state index is -2.77. The van der Waals surface area contributed by atoms with E-state index in [1.165, 1.54) is 11.8 Å². The van der Waals surface area contributed by atoms with Crippen LogP contribution in [0.25, 0.3) is 33.3 Å². The van der Waals surface area contributed by atoms with Crippen molar-refractivity contribution in [3.05, 3.63) is 66.5 Å². The predicted molar refractivity (Wildman–Crippen MR) is 138 cm³/mol. The average molecular weight is 505 g/mol. The Kier molecular flexibility index (Phi) is 6.37. The quantitative estimate of drug-likeness (QED) is 0.363. The molecule has 1 aliphatic heterocycles. The van der Waals surface area contributed by atoms with Crippen LogP contribution >= 0.6 is 0 Å². The van der Waals surface area contributed by atoms with Gasteiger partial charge in [0.2, 0.25) is 5.91 Å². The Morgan fingerprint density at radius 1 is 1.05 bits per heavy atom. The summed E-state index contributed by atoms with van der Waals surface area (Å²) in [5.41, 5.74) is 4.58. The number of benzene rings is 2. The number of amides is 2. The molecule has 3 heterocycles. The second-order valence-electron chi connectivity index (χ2n) is 9.11. The number of anilines is 1. The van der Waals surface area contributed by atoms with Crippen LogP contribution in [0.2, 0.25) is 0 Å². The Hall–Kier alpha value is -4.27. The van der Waals surface area contributed by atoms with Gasteiger partial charge in [0.15, 0.2) is 0 Å². The highest BCUT2D eigenvalue weighted by molar-refractivity contribution is 6.05. The number of H-pyrrole nitrogens is 1. The number of fused-ring (bicyclic) bond motifs is 1. The number of carbonyl (C=O) groups is 2. The summed E-state index contributed by atoms with van der Waals surface area (Å²) in [7, 11) is 1.62. The smallest absolute Gasteiger partial charge is 0.255 e. The molecule has 4 aromatic rings. The molecule has 9 heteroatoms. The van der Waals surface area contributed by atoms with Gasteiger partial charge in [0.25, 0.3) is 11.8 Å². The predicted octanol–water partition coefficient (Wildman–Crippen LogP) is 5.74. The van der Waals surface area contributed by atoms with Gasteiger partial charge in [-0.15, -0.1) is 0 Å². The number of halogens is 2. The van der Waals surface area contributed by atoms with Gasteiger partial charge in [-0.2, -0.15) is 0 Å². The third-order valence-electron chi connectivity index (χ3n) is 6.60. The van der Waals surface area contributed by atoms with Crippen LogP contribution < -0.4 is 10.1 Å². The number of alkyl halides is 2. The normalized spacial score (nSPS) is 15.0. The van der Waals surface area contributed by atoms with Gasteiger partial charge < -0.3 is 19.9 Å². The lowest BCUT2D eigenvalue weighted by Crippen LogP contribution is -2.43. The number of nitrogens with one attached hydrogen (secondary N) is 2. The first-order valence-corrected chi connectivity index (χ1v) is 12.0. The van der Waals surface area contributed by atoms with Crippen LogP contribution in [-0.4, -0.2) is 52.8 Å². The second-order valence-corrected chi connectivity index (χ2v) is 9.11. The standard InChI is InChI=1S/C28H26F2N4O3/c1-17(35)33-24-8-7-18(13-22(24)27(36)34-11-9-28(29,30)10-12-34)19-14-21-23(16-32-26(21)31-15-19)20-5-3-4-6-25(20)37-2/h3-8,13-16H,9-12H2,1-2H3,(H,31,32)(H,33,35). The first-order valence-electron chi connectivity index (χ1n) is 12.0. The van der Waals surface area contributed by atoms with E-state index in [9.17, 15) is 18.4 Å². The number of nitrogens with zero attached hydrogens (tertiary/aromatic N) is 2. The summed E-state index contributed by atoms with van der Waals surface area (Å²) in [5.74, 6) is -2.76. The van der Waals surface area contributed by atoms with Crippen molar-refractivity contribution in [3.8, 4) is 28.0 Å². The van der Waals surface area contributed by atoms with Gasteiger partial charge in [-0.05, 0) is 29.8 Å². The van der Waals surface area contributed by atoms with Crippen LogP contribution in [0.15, 0.2) is 60.9 Å². The Labute approximate surface area is 212 Å². The van der Waals surface area contributed by atoms with E-state index in [-0.39, 0.29) is 37.4 Å². The fourth-order valence-corrected chi connectivity index (χ4v) is 4.66. The molecule has 2 amide bonds. The number of ether oxygens (including phenoxy) is 1. The van der Waals surface area contributed by atoms with Crippen molar-refractivity contribution in [1.29, 1.82) is 0 Å². The van der Waals surface area contributed by atoms with Crippen molar-refractivity contribution in [2.75, 3.05) is 25.5 Å². The number of carbonyl (C=O) groups excluding carboxylic acids is 2. The number of hydrogen-bond donors (Lipinski definition) is 2. The van der Waals surface area contributed by atoms with Gasteiger partial charge in [0.1, 0.15) is 11.4 Å². The summed E-state index contributed by atoms with van der Waals surface area (Å²) in [6.45, 7) is 1.26. The van der Waals surface area contributed by atoms with Crippen LogP contribution in [0, 0.1) is 0 Å². The Bertz CT molecular complexity index is 1490. The highest BCUT2D eigenvalue weighted by Gasteiger charge is 2.36. The largest absolute Gasteiger partial charge is 0.496 e. The van der Waals surface area contributed by atoms with Crippen molar-refractivity contribution >= 4 is 28.5 Å². The van der Waals surface area contributed by atoms with E-state index in [4.69, 9.17) is 4.74 Å². The summed E-state index contributed by atoms with van der Waals surface area (Å²) in [4.78, 5) is 34.3. The molecule has 0 saturated carbocycles. The number of likely N-dealkylation sites (tertiary alicyclic amines) is 1. The maximum atomic E-state index is 13.7. The van der Waals surface area contributed by atoms with Crippen molar-refractivity contribution in [1.82, 2.24) is 14.9 Å². The van der Waals surface area contributed by atoms with Gasteiger partial charge in [0, 0.05) is 67.3 Å². The first kappa shape index (κ1) is 24.4. The molecule has 2 N–H and O–H groups in total. The van der Waals surface area contributed by atoms with E-state index >= 15 is 0 Å². The molecular formula is C28H26F2N4O3. The van der Waals surface area contributed by atoms with Crippen molar-refractivity contribution in [3.63, 3.8) is 0 Å². The molecule has 0 atom stereocenters. The van der Waals surface area contributed by atoms with Crippen LogP contribution in [-0.2, 0) is 4.79 Å². The van der Waals surface area contributed by atoms with E-state index in [0.717, 1.165) is 27.8 Å². The monoisotopic (exact) mass is 504 g/mol. The molecule has 190 valence electrons. The van der Waals surface area contributed by atoms with Gasteiger partial charge in [-0.1, -0.05) is 24.3 Å². The molecule has 1 fully saturated rings. The Balaban J connectivity index is 1.55. The second kappa shape index (κ2) is 9.65. The summed E-state index contributed by atoms with van der Waals surface area (Å²) in [6, 6.07) is 14.8. The molecule has 2 aromatic carbocycles.